The highest BCUT2D eigenvalue weighted by atomic mass is 19.1. The van der Waals surface area contributed by atoms with Crippen molar-refractivity contribution in [1.29, 1.82) is 0 Å². The zero-order valence-corrected chi connectivity index (χ0v) is 15.4. The molecule has 0 amide bonds. The normalized spacial score (nSPS) is 48.6. The lowest BCUT2D eigenvalue weighted by molar-refractivity contribution is -0.156. The Morgan fingerprint density at radius 2 is 2.08 bits per heavy atom. The van der Waals surface area contributed by atoms with Crippen LogP contribution >= 0.6 is 0 Å². The number of ether oxygens (including phenoxy) is 1. The van der Waals surface area contributed by atoms with Gasteiger partial charge in [0.1, 0.15) is 12.3 Å². The van der Waals surface area contributed by atoms with E-state index in [0.29, 0.717) is 12.3 Å². The van der Waals surface area contributed by atoms with Crippen molar-refractivity contribution in [3.05, 3.63) is 23.3 Å². The van der Waals surface area contributed by atoms with Gasteiger partial charge in [0, 0.05) is 17.8 Å². The number of allylic oxidation sites excluding steroid dienone is 3. The van der Waals surface area contributed by atoms with Gasteiger partial charge in [0.05, 0.1) is 6.10 Å². The fraction of sp³-hybridized carbons (Fsp3) is 0.762. The molecule has 0 aliphatic heterocycles. The van der Waals surface area contributed by atoms with E-state index in [4.69, 9.17) is 4.74 Å². The Hall–Kier alpha value is -1.16. The Bertz CT molecular complexity index is 654. The van der Waals surface area contributed by atoms with Gasteiger partial charge in [-0.2, -0.15) is 0 Å². The van der Waals surface area contributed by atoms with Crippen LogP contribution in [0.15, 0.2) is 23.3 Å². The number of aliphatic hydroxyl groups is 1. The number of fused-ring (bicyclic) bond motifs is 4. The summed E-state index contributed by atoms with van der Waals surface area (Å²) >= 11 is 0. The Balaban J connectivity index is 1.73. The van der Waals surface area contributed by atoms with Crippen molar-refractivity contribution in [3.63, 3.8) is 0 Å². The second-order valence-corrected chi connectivity index (χ2v) is 9.02. The predicted molar refractivity (Wildman–Crippen MR) is 93.5 cm³/mol. The number of hydrogen-bond donors (Lipinski definition) is 1. The zero-order chi connectivity index (χ0) is 18.0. The van der Waals surface area contributed by atoms with Gasteiger partial charge < -0.3 is 9.84 Å². The summed E-state index contributed by atoms with van der Waals surface area (Å²) in [4.78, 5) is 11.5. The summed E-state index contributed by atoms with van der Waals surface area (Å²) in [5.74, 6) is 0.269. The topological polar surface area (TPSA) is 46.5 Å². The molecule has 3 nitrogen and oxygen atoms in total. The minimum absolute atomic E-state index is 0.000523. The standard InChI is InChI=1S/C21H29FO3/c1-12(23)25-19-18(22)11-17-15-5-4-13-10-14(24)6-8-20(13,2)16(15)7-9-21(17,19)3/h6,8,13-14,17-19,24H,4-5,7,9-11H2,1-3H3/t13-,14+,17+,18-,19+,20+,21+/m1/s1. The molecule has 0 heterocycles. The van der Waals surface area contributed by atoms with Gasteiger partial charge in [0.2, 0.25) is 0 Å². The maximum atomic E-state index is 14.8. The van der Waals surface area contributed by atoms with Crippen LogP contribution in [0.2, 0.25) is 0 Å². The van der Waals surface area contributed by atoms with Crippen LogP contribution in [0, 0.1) is 22.7 Å². The highest BCUT2D eigenvalue weighted by Crippen LogP contribution is 2.63. The van der Waals surface area contributed by atoms with Crippen LogP contribution in [0.3, 0.4) is 0 Å². The first kappa shape index (κ1) is 17.3. The van der Waals surface area contributed by atoms with E-state index in [1.165, 1.54) is 18.1 Å². The number of carbonyl (C=O) groups is 1. The van der Waals surface area contributed by atoms with E-state index in [9.17, 15) is 14.3 Å². The number of alkyl halides is 1. The fourth-order valence-electron chi connectivity index (χ4n) is 6.34. The lowest BCUT2D eigenvalue weighted by atomic mass is 9.53. The Morgan fingerprint density at radius 3 is 2.80 bits per heavy atom. The molecule has 138 valence electrons. The van der Waals surface area contributed by atoms with E-state index in [2.05, 4.69) is 19.9 Å². The summed E-state index contributed by atoms with van der Waals surface area (Å²) in [7, 11) is 0. The van der Waals surface area contributed by atoms with Crippen molar-refractivity contribution in [2.45, 2.75) is 77.7 Å². The van der Waals surface area contributed by atoms with Gasteiger partial charge in [0.15, 0.2) is 0 Å². The summed E-state index contributed by atoms with van der Waals surface area (Å²) in [6.07, 6.45) is 7.29. The molecule has 0 bridgehead atoms. The van der Waals surface area contributed by atoms with Crippen molar-refractivity contribution in [3.8, 4) is 0 Å². The number of rotatable bonds is 1. The number of halogens is 1. The molecule has 0 radical (unpaired) electrons. The van der Waals surface area contributed by atoms with Gasteiger partial charge in [-0.25, -0.2) is 4.39 Å². The maximum absolute atomic E-state index is 14.8. The summed E-state index contributed by atoms with van der Waals surface area (Å²) in [6.45, 7) is 5.79. The van der Waals surface area contributed by atoms with Crippen LogP contribution in [0.1, 0.15) is 59.3 Å². The van der Waals surface area contributed by atoms with Crippen LogP contribution in [0.4, 0.5) is 4.39 Å². The van der Waals surface area contributed by atoms with Crippen molar-refractivity contribution in [2.24, 2.45) is 22.7 Å². The van der Waals surface area contributed by atoms with Crippen LogP contribution in [0.25, 0.3) is 0 Å². The van der Waals surface area contributed by atoms with Crippen molar-refractivity contribution >= 4 is 5.97 Å². The Labute approximate surface area is 149 Å². The van der Waals surface area contributed by atoms with Gasteiger partial charge in [-0.3, -0.25) is 4.79 Å². The van der Waals surface area contributed by atoms with Gasteiger partial charge in [-0.15, -0.1) is 0 Å². The van der Waals surface area contributed by atoms with Crippen molar-refractivity contribution in [1.82, 2.24) is 0 Å². The minimum atomic E-state index is -1.07. The molecule has 1 fully saturated rings. The third kappa shape index (κ3) is 2.43. The van der Waals surface area contributed by atoms with Gasteiger partial charge >= 0.3 is 5.97 Å². The molecule has 4 heteroatoms. The van der Waals surface area contributed by atoms with Gasteiger partial charge in [-0.1, -0.05) is 37.1 Å². The minimum Gasteiger partial charge on any atom is -0.459 e. The first-order valence-electron chi connectivity index (χ1n) is 9.67. The lowest BCUT2D eigenvalue weighted by Crippen LogP contribution is -2.45. The van der Waals surface area contributed by atoms with Gasteiger partial charge in [0.25, 0.3) is 0 Å². The molecule has 0 spiro atoms. The Morgan fingerprint density at radius 1 is 1.32 bits per heavy atom. The lowest BCUT2D eigenvalue weighted by Gasteiger charge is -2.52. The first-order chi connectivity index (χ1) is 11.8. The molecule has 0 saturated heterocycles. The van der Waals surface area contributed by atoms with E-state index in [1.54, 1.807) is 0 Å². The smallest absolute Gasteiger partial charge is 0.303 e. The first-order valence-corrected chi connectivity index (χ1v) is 9.67. The second kappa shape index (κ2) is 5.67. The van der Waals surface area contributed by atoms with E-state index >= 15 is 0 Å². The predicted octanol–water partition coefficient (Wildman–Crippen LogP) is 4.11. The molecule has 1 saturated carbocycles. The Kier molecular flexibility index (Phi) is 3.91. The highest BCUT2D eigenvalue weighted by molar-refractivity contribution is 5.66. The summed E-state index contributed by atoms with van der Waals surface area (Å²) in [6, 6.07) is 0. The number of esters is 1. The fourth-order valence-corrected chi connectivity index (χ4v) is 6.34. The van der Waals surface area contributed by atoms with E-state index in [-0.39, 0.29) is 28.8 Å². The molecule has 25 heavy (non-hydrogen) atoms. The molecule has 0 unspecified atom stereocenters. The SMILES string of the molecule is CC(=O)O[C@H]1[C@H](F)C[C@H]2C3=C(CC[C@@]21C)[C@@]1(C)C=C[C@H](O)C[C@H]1CC3. The highest BCUT2D eigenvalue weighted by Gasteiger charge is 2.59. The molecule has 4 rings (SSSR count). The molecule has 7 atom stereocenters. The number of aliphatic hydroxyl groups excluding tert-OH is 1. The average molecular weight is 348 g/mol. The average Bonchev–Trinajstić information content (AvgIpc) is 2.79. The van der Waals surface area contributed by atoms with E-state index in [1.807, 2.05) is 6.08 Å². The third-order valence-electron chi connectivity index (χ3n) is 7.70. The molecule has 0 aromatic carbocycles. The molecular weight excluding hydrogens is 319 g/mol. The molecular formula is C21H29FO3. The summed E-state index contributed by atoms with van der Waals surface area (Å²) in [5.41, 5.74) is 2.61. The monoisotopic (exact) mass is 348 g/mol. The molecule has 4 aliphatic carbocycles. The van der Waals surface area contributed by atoms with E-state index < -0.39 is 12.3 Å². The summed E-state index contributed by atoms with van der Waals surface area (Å²) < 4.78 is 20.2. The second-order valence-electron chi connectivity index (χ2n) is 9.02. The van der Waals surface area contributed by atoms with Crippen LogP contribution in [-0.4, -0.2) is 29.5 Å². The van der Waals surface area contributed by atoms with Crippen LogP contribution in [0.5, 0.6) is 0 Å². The molecule has 0 aromatic rings. The van der Waals surface area contributed by atoms with Crippen LogP contribution < -0.4 is 0 Å². The molecule has 1 N–H and O–H groups in total. The maximum Gasteiger partial charge on any atom is 0.303 e. The molecule has 0 aromatic heterocycles. The van der Waals surface area contributed by atoms with Crippen molar-refractivity contribution in [2.75, 3.05) is 0 Å². The quantitative estimate of drug-likeness (QED) is 0.573. The van der Waals surface area contributed by atoms with Crippen LogP contribution in [-0.2, 0) is 9.53 Å². The zero-order valence-electron chi connectivity index (χ0n) is 15.4. The number of hydrogen-bond acceptors (Lipinski definition) is 3. The summed E-state index contributed by atoms with van der Waals surface area (Å²) in [5, 5.41) is 10.0. The molecule has 4 aliphatic rings. The largest absolute Gasteiger partial charge is 0.459 e. The number of carbonyl (C=O) groups excluding carboxylic acids is 1. The van der Waals surface area contributed by atoms with Crippen molar-refractivity contribution < 1.29 is 19.0 Å². The van der Waals surface area contributed by atoms with E-state index in [0.717, 1.165) is 32.1 Å². The third-order valence-corrected chi connectivity index (χ3v) is 7.70. The van der Waals surface area contributed by atoms with Gasteiger partial charge in [-0.05, 0) is 50.4 Å².